The highest BCUT2D eigenvalue weighted by molar-refractivity contribution is 6.20. The van der Waals surface area contributed by atoms with Crippen LogP contribution in [-0.2, 0) is 0 Å². The van der Waals surface area contributed by atoms with E-state index in [1.807, 2.05) is 0 Å². The van der Waals surface area contributed by atoms with Gasteiger partial charge in [0.2, 0.25) is 0 Å². The second kappa shape index (κ2) is 2.54. The van der Waals surface area contributed by atoms with Gasteiger partial charge in [0, 0.05) is 5.38 Å². The maximum Gasteiger partial charge on any atom is 0.0399 e. The largest absolute Gasteiger partial charge is 0.122 e. The number of halogens is 1. The minimum atomic E-state index is 0.389. The minimum Gasteiger partial charge on any atom is -0.122 e. The Labute approximate surface area is 55.5 Å². The molecule has 0 amide bonds. The molecule has 0 bridgehead atoms. The van der Waals surface area contributed by atoms with Crippen LogP contribution in [-0.4, -0.2) is 5.38 Å². The van der Waals surface area contributed by atoms with Crippen molar-refractivity contribution < 1.29 is 0 Å². The second-order valence-electron chi connectivity index (χ2n) is 2.44. The lowest BCUT2D eigenvalue weighted by Crippen LogP contribution is -2.12. The van der Waals surface area contributed by atoms with Crippen molar-refractivity contribution in [2.45, 2.75) is 25.1 Å². The first-order chi connectivity index (χ1) is 3.80. The quantitative estimate of drug-likeness (QED) is 0.349. The van der Waals surface area contributed by atoms with Crippen molar-refractivity contribution in [1.82, 2.24) is 0 Å². The van der Waals surface area contributed by atoms with Gasteiger partial charge in [-0.15, -0.1) is 11.6 Å². The Morgan fingerprint density at radius 2 is 2.00 bits per heavy atom. The van der Waals surface area contributed by atoms with Gasteiger partial charge in [-0.1, -0.05) is 19.1 Å². The van der Waals surface area contributed by atoms with Crippen LogP contribution in [0, 0.1) is 5.92 Å². The molecule has 1 heteroatoms. The lowest BCUT2D eigenvalue weighted by atomic mass is 9.96. The van der Waals surface area contributed by atoms with E-state index < -0.39 is 0 Å². The normalized spacial score (nSPS) is 37.8. The summed E-state index contributed by atoms with van der Waals surface area (Å²) < 4.78 is 0. The molecule has 0 radical (unpaired) electrons. The zero-order valence-corrected chi connectivity index (χ0v) is 5.86. The summed E-state index contributed by atoms with van der Waals surface area (Å²) in [4.78, 5) is 0. The van der Waals surface area contributed by atoms with E-state index in [-0.39, 0.29) is 0 Å². The third-order valence-electron chi connectivity index (χ3n) is 1.65. The first-order valence-electron chi connectivity index (χ1n) is 3.10. The molecule has 0 aromatic carbocycles. The summed E-state index contributed by atoms with van der Waals surface area (Å²) >= 11 is 5.92. The summed E-state index contributed by atoms with van der Waals surface area (Å²) in [5.41, 5.74) is 0. The van der Waals surface area contributed by atoms with Crippen molar-refractivity contribution in [3.8, 4) is 0 Å². The Kier molecular flexibility index (Phi) is 1.95. The van der Waals surface area contributed by atoms with Gasteiger partial charge in [-0.25, -0.2) is 0 Å². The van der Waals surface area contributed by atoms with Crippen LogP contribution in [0.25, 0.3) is 0 Å². The first-order valence-corrected chi connectivity index (χ1v) is 3.53. The molecule has 0 aromatic rings. The van der Waals surface area contributed by atoms with Crippen molar-refractivity contribution in [2.24, 2.45) is 5.92 Å². The third-order valence-corrected chi connectivity index (χ3v) is 2.26. The van der Waals surface area contributed by atoms with Crippen LogP contribution in [0.4, 0.5) is 0 Å². The van der Waals surface area contributed by atoms with Crippen LogP contribution in [0.1, 0.15) is 19.8 Å². The van der Waals surface area contributed by atoms with Crippen LogP contribution < -0.4 is 0 Å². The molecule has 0 heterocycles. The summed E-state index contributed by atoms with van der Waals surface area (Å²) in [6.45, 7) is 2.20. The van der Waals surface area contributed by atoms with Crippen LogP contribution in [0.15, 0.2) is 12.2 Å². The van der Waals surface area contributed by atoms with Gasteiger partial charge in [-0.2, -0.15) is 0 Å². The van der Waals surface area contributed by atoms with Gasteiger partial charge in [0.15, 0.2) is 0 Å². The fourth-order valence-electron chi connectivity index (χ4n) is 0.917. The van der Waals surface area contributed by atoms with E-state index in [0.717, 1.165) is 12.8 Å². The van der Waals surface area contributed by atoms with Crippen molar-refractivity contribution in [2.75, 3.05) is 0 Å². The Bertz CT molecular complexity index is 84.6. The molecule has 0 spiro atoms. The zero-order chi connectivity index (χ0) is 5.98. The summed E-state index contributed by atoms with van der Waals surface area (Å²) in [5.74, 6) is 0.682. The third kappa shape index (κ3) is 1.25. The molecular weight excluding hydrogens is 120 g/mol. The standard InChI is InChI=1S/C7H11Cl/c1-6-4-2-3-5-7(6)8/h2-3,6-7H,4-5H2,1H3. The molecule has 0 fully saturated rings. The van der Waals surface area contributed by atoms with Gasteiger partial charge < -0.3 is 0 Å². The first kappa shape index (κ1) is 6.15. The van der Waals surface area contributed by atoms with Gasteiger partial charge in [-0.3, -0.25) is 0 Å². The number of alkyl halides is 1. The van der Waals surface area contributed by atoms with Crippen molar-refractivity contribution in [1.29, 1.82) is 0 Å². The second-order valence-corrected chi connectivity index (χ2v) is 3.00. The Morgan fingerprint density at radius 1 is 1.38 bits per heavy atom. The van der Waals surface area contributed by atoms with E-state index in [2.05, 4.69) is 19.1 Å². The molecule has 0 nitrogen and oxygen atoms in total. The van der Waals surface area contributed by atoms with E-state index in [4.69, 9.17) is 11.6 Å². The number of hydrogen-bond acceptors (Lipinski definition) is 0. The van der Waals surface area contributed by atoms with E-state index in [0.29, 0.717) is 11.3 Å². The highest BCUT2D eigenvalue weighted by atomic mass is 35.5. The van der Waals surface area contributed by atoms with Crippen molar-refractivity contribution >= 4 is 11.6 Å². The fraction of sp³-hybridized carbons (Fsp3) is 0.714. The van der Waals surface area contributed by atoms with Gasteiger partial charge >= 0.3 is 0 Å². The zero-order valence-electron chi connectivity index (χ0n) is 5.10. The average molecular weight is 131 g/mol. The Balaban J connectivity index is 2.44. The molecule has 1 aliphatic rings. The van der Waals surface area contributed by atoms with Crippen LogP contribution >= 0.6 is 11.6 Å². The molecular formula is C7H11Cl. The summed E-state index contributed by atoms with van der Waals surface area (Å²) in [6.07, 6.45) is 6.60. The molecule has 1 rings (SSSR count). The maximum atomic E-state index is 5.92. The summed E-state index contributed by atoms with van der Waals surface area (Å²) in [6, 6.07) is 0. The molecule has 0 aromatic heterocycles. The predicted octanol–water partition coefficient (Wildman–Crippen LogP) is 2.58. The number of allylic oxidation sites excluding steroid dienone is 2. The monoisotopic (exact) mass is 130 g/mol. The van der Waals surface area contributed by atoms with E-state index in [9.17, 15) is 0 Å². The molecule has 46 valence electrons. The van der Waals surface area contributed by atoms with E-state index in [1.165, 1.54) is 0 Å². The summed E-state index contributed by atoms with van der Waals surface area (Å²) in [7, 11) is 0. The molecule has 0 N–H and O–H groups in total. The SMILES string of the molecule is CC1CC=CCC1Cl. The Morgan fingerprint density at radius 3 is 2.38 bits per heavy atom. The van der Waals surface area contributed by atoms with Crippen molar-refractivity contribution in [3.05, 3.63) is 12.2 Å². The van der Waals surface area contributed by atoms with Gasteiger partial charge in [0.05, 0.1) is 0 Å². The van der Waals surface area contributed by atoms with Gasteiger partial charge in [0.1, 0.15) is 0 Å². The molecule has 2 unspecified atom stereocenters. The molecule has 0 saturated carbocycles. The van der Waals surface area contributed by atoms with Crippen molar-refractivity contribution in [3.63, 3.8) is 0 Å². The van der Waals surface area contributed by atoms with Gasteiger partial charge in [-0.05, 0) is 18.8 Å². The predicted molar refractivity (Wildman–Crippen MR) is 37.2 cm³/mol. The maximum absolute atomic E-state index is 5.92. The van der Waals surface area contributed by atoms with Gasteiger partial charge in [0.25, 0.3) is 0 Å². The topological polar surface area (TPSA) is 0 Å². The van der Waals surface area contributed by atoms with Crippen LogP contribution in [0.5, 0.6) is 0 Å². The molecule has 0 aliphatic heterocycles. The minimum absolute atomic E-state index is 0.389. The van der Waals surface area contributed by atoms with Crippen LogP contribution in [0.2, 0.25) is 0 Å². The molecule has 2 atom stereocenters. The molecule has 1 aliphatic carbocycles. The highest BCUT2D eigenvalue weighted by Gasteiger charge is 2.13. The summed E-state index contributed by atoms with van der Waals surface area (Å²) in [5, 5.41) is 0.389. The number of rotatable bonds is 0. The molecule has 8 heavy (non-hydrogen) atoms. The van der Waals surface area contributed by atoms with E-state index >= 15 is 0 Å². The van der Waals surface area contributed by atoms with E-state index in [1.54, 1.807) is 0 Å². The lowest BCUT2D eigenvalue weighted by Gasteiger charge is -2.17. The average Bonchev–Trinajstić information content (AvgIpc) is 1.77. The highest BCUT2D eigenvalue weighted by Crippen LogP contribution is 2.22. The smallest absolute Gasteiger partial charge is 0.0399 e. The van der Waals surface area contributed by atoms with Crippen LogP contribution in [0.3, 0.4) is 0 Å². The Hall–Kier alpha value is 0.0300. The lowest BCUT2D eigenvalue weighted by molar-refractivity contribution is 0.536. The fourth-order valence-corrected chi connectivity index (χ4v) is 1.12. The molecule has 0 saturated heterocycles. The number of hydrogen-bond donors (Lipinski definition) is 0.